The third-order valence-corrected chi connectivity index (χ3v) is 3.39. The van der Waals surface area contributed by atoms with E-state index < -0.39 is 5.60 Å². The molecule has 15 heavy (non-hydrogen) atoms. The number of aryl methyl sites for hydroxylation is 2. The number of hydrogen-bond donors (Lipinski definition) is 1. The molecule has 0 aliphatic heterocycles. The lowest BCUT2D eigenvalue weighted by Crippen LogP contribution is -2.21. The third kappa shape index (κ3) is 2.73. The van der Waals surface area contributed by atoms with Crippen molar-refractivity contribution in [2.75, 3.05) is 0 Å². The lowest BCUT2D eigenvalue weighted by Gasteiger charge is -2.24. The van der Waals surface area contributed by atoms with Gasteiger partial charge in [0.15, 0.2) is 0 Å². The fraction of sp³-hybridized carbons (Fsp3) is 0.538. The molecule has 1 atom stereocenters. The van der Waals surface area contributed by atoms with Crippen molar-refractivity contribution in [3.05, 3.63) is 33.8 Å². The van der Waals surface area contributed by atoms with Crippen LogP contribution in [-0.2, 0) is 5.60 Å². The molecule has 0 spiro atoms. The van der Waals surface area contributed by atoms with E-state index in [1.54, 1.807) is 0 Å². The predicted octanol–water partition coefficient (Wildman–Crippen LogP) is 3.96. The maximum absolute atomic E-state index is 10.3. The molecule has 2 heteroatoms. The zero-order valence-corrected chi connectivity index (χ0v) is 10.7. The summed E-state index contributed by atoms with van der Waals surface area (Å²) in [5.74, 6) is 0. The minimum absolute atomic E-state index is 0.741. The van der Waals surface area contributed by atoms with Gasteiger partial charge < -0.3 is 5.11 Å². The van der Waals surface area contributed by atoms with E-state index in [1.807, 2.05) is 32.9 Å². The molecule has 1 N–H and O–H groups in total. The van der Waals surface area contributed by atoms with Gasteiger partial charge in [-0.3, -0.25) is 0 Å². The molecule has 0 radical (unpaired) electrons. The van der Waals surface area contributed by atoms with Gasteiger partial charge in [0.05, 0.1) is 5.60 Å². The lowest BCUT2D eigenvalue weighted by molar-refractivity contribution is 0.0468. The standard InChI is InChI=1S/C13H19ClO/c1-5-6-13(4,15)11-7-9(2)12(14)10(3)8-11/h7-8,15H,5-6H2,1-4H3. The fourth-order valence-electron chi connectivity index (χ4n) is 1.89. The molecule has 84 valence electrons. The lowest BCUT2D eigenvalue weighted by atomic mass is 9.89. The molecular formula is C13H19ClO. The van der Waals surface area contributed by atoms with Gasteiger partial charge in [0.25, 0.3) is 0 Å². The van der Waals surface area contributed by atoms with Gasteiger partial charge in [0.2, 0.25) is 0 Å². The molecular weight excluding hydrogens is 208 g/mol. The highest BCUT2D eigenvalue weighted by Gasteiger charge is 2.22. The van der Waals surface area contributed by atoms with Crippen LogP contribution in [0.5, 0.6) is 0 Å². The van der Waals surface area contributed by atoms with Gasteiger partial charge in [-0.15, -0.1) is 0 Å². The molecule has 0 saturated carbocycles. The van der Waals surface area contributed by atoms with Crippen LogP contribution >= 0.6 is 11.6 Å². The maximum Gasteiger partial charge on any atom is 0.0868 e. The number of aliphatic hydroxyl groups is 1. The van der Waals surface area contributed by atoms with Crippen molar-refractivity contribution in [3.63, 3.8) is 0 Å². The van der Waals surface area contributed by atoms with E-state index in [1.165, 1.54) is 0 Å². The van der Waals surface area contributed by atoms with Crippen molar-refractivity contribution >= 4 is 11.6 Å². The number of hydrogen-bond acceptors (Lipinski definition) is 1. The van der Waals surface area contributed by atoms with Crippen molar-refractivity contribution in [2.24, 2.45) is 0 Å². The predicted molar refractivity (Wildman–Crippen MR) is 65.4 cm³/mol. The largest absolute Gasteiger partial charge is 0.385 e. The Bertz CT molecular complexity index is 333. The van der Waals surface area contributed by atoms with E-state index in [0.717, 1.165) is 34.6 Å². The van der Waals surface area contributed by atoms with Crippen molar-refractivity contribution in [1.29, 1.82) is 0 Å². The van der Waals surface area contributed by atoms with Crippen LogP contribution in [0.3, 0.4) is 0 Å². The van der Waals surface area contributed by atoms with Crippen LogP contribution in [-0.4, -0.2) is 5.11 Å². The van der Waals surface area contributed by atoms with Crippen molar-refractivity contribution < 1.29 is 5.11 Å². The monoisotopic (exact) mass is 226 g/mol. The van der Waals surface area contributed by atoms with Gasteiger partial charge in [-0.1, -0.05) is 37.1 Å². The fourth-order valence-corrected chi connectivity index (χ4v) is 2.00. The molecule has 0 aliphatic carbocycles. The highest BCUT2D eigenvalue weighted by molar-refractivity contribution is 6.32. The van der Waals surface area contributed by atoms with Crippen molar-refractivity contribution in [1.82, 2.24) is 0 Å². The summed E-state index contributed by atoms with van der Waals surface area (Å²) in [6.07, 6.45) is 1.74. The Balaban J connectivity index is 3.16. The summed E-state index contributed by atoms with van der Waals surface area (Å²) in [5, 5.41) is 11.1. The zero-order chi connectivity index (χ0) is 11.6. The molecule has 0 heterocycles. The Morgan fingerprint density at radius 2 is 1.73 bits per heavy atom. The Kier molecular flexibility index (Phi) is 3.80. The van der Waals surface area contributed by atoms with Crippen LogP contribution in [0, 0.1) is 13.8 Å². The number of halogens is 1. The normalized spacial score (nSPS) is 15.1. The van der Waals surface area contributed by atoms with Gasteiger partial charge >= 0.3 is 0 Å². The van der Waals surface area contributed by atoms with Crippen LogP contribution in [0.15, 0.2) is 12.1 Å². The minimum atomic E-state index is -0.741. The van der Waals surface area contributed by atoms with Gasteiger partial charge in [-0.05, 0) is 43.9 Å². The average molecular weight is 227 g/mol. The molecule has 1 rings (SSSR count). The second-order valence-corrected chi connectivity index (χ2v) is 4.83. The quantitative estimate of drug-likeness (QED) is 0.827. The van der Waals surface area contributed by atoms with Crippen molar-refractivity contribution in [2.45, 2.75) is 46.1 Å². The first-order valence-corrected chi connectivity index (χ1v) is 5.76. The van der Waals surface area contributed by atoms with Crippen LogP contribution in [0.1, 0.15) is 43.4 Å². The Morgan fingerprint density at radius 1 is 1.27 bits per heavy atom. The molecule has 1 aromatic rings. The molecule has 1 aromatic carbocycles. The summed E-state index contributed by atoms with van der Waals surface area (Å²) in [4.78, 5) is 0. The van der Waals surface area contributed by atoms with Crippen molar-refractivity contribution in [3.8, 4) is 0 Å². The van der Waals surface area contributed by atoms with E-state index in [0.29, 0.717) is 0 Å². The van der Waals surface area contributed by atoms with Gasteiger partial charge in [-0.25, -0.2) is 0 Å². The second kappa shape index (κ2) is 4.54. The summed E-state index contributed by atoms with van der Waals surface area (Å²) in [7, 11) is 0. The van der Waals surface area contributed by atoms with Crippen LogP contribution in [0.4, 0.5) is 0 Å². The molecule has 0 bridgehead atoms. The van der Waals surface area contributed by atoms with Crippen LogP contribution in [0.2, 0.25) is 5.02 Å². The summed E-state index contributed by atoms with van der Waals surface area (Å²) < 4.78 is 0. The topological polar surface area (TPSA) is 20.2 Å². The minimum Gasteiger partial charge on any atom is -0.385 e. The first kappa shape index (κ1) is 12.5. The summed E-state index contributed by atoms with van der Waals surface area (Å²) in [6.45, 7) is 7.88. The molecule has 1 nitrogen and oxygen atoms in total. The average Bonchev–Trinajstić information content (AvgIpc) is 2.13. The molecule has 0 amide bonds. The van der Waals surface area contributed by atoms with Crippen LogP contribution in [0.25, 0.3) is 0 Å². The van der Waals surface area contributed by atoms with E-state index in [9.17, 15) is 5.11 Å². The second-order valence-electron chi connectivity index (χ2n) is 4.45. The van der Waals surface area contributed by atoms with E-state index in [-0.39, 0.29) is 0 Å². The highest BCUT2D eigenvalue weighted by atomic mass is 35.5. The molecule has 0 saturated heterocycles. The van der Waals surface area contributed by atoms with Gasteiger partial charge in [0.1, 0.15) is 0 Å². The van der Waals surface area contributed by atoms with Gasteiger partial charge in [-0.2, -0.15) is 0 Å². The Morgan fingerprint density at radius 3 is 2.13 bits per heavy atom. The smallest absolute Gasteiger partial charge is 0.0868 e. The molecule has 0 aliphatic rings. The Labute approximate surface area is 97.1 Å². The summed E-state index contributed by atoms with van der Waals surface area (Å²) >= 11 is 6.10. The first-order chi connectivity index (χ1) is 6.88. The van der Waals surface area contributed by atoms with Crippen LogP contribution < -0.4 is 0 Å². The van der Waals surface area contributed by atoms with Gasteiger partial charge in [0, 0.05) is 5.02 Å². The highest BCUT2D eigenvalue weighted by Crippen LogP contribution is 2.30. The SMILES string of the molecule is CCCC(C)(O)c1cc(C)c(Cl)c(C)c1. The summed E-state index contributed by atoms with van der Waals surface area (Å²) in [6, 6.07) is 3.95. The molecule has 1 unspecified atom stereocenters. The van der Waals surface area contributed by atoms with E-state index >= 15 is 0 Å². The molecule has 0 fully saturated rings. The number of rotatable bonds is 3. The Hall–Kier alpha value is -0.530. The summed E-state index contributed by atoms with van der Waals surface area (Å²) in [5.41, 5.74) is 2.28. The zero-order valence-electron chi connectivity index (χ0n) is 9.89. The maximum atomic E-state index is 10.3. The number of benzene rings is 1. The third-order valence-electron chi connectivity index (χ3n) is 2.80. The van der Waals surface area contributed by atoms with E-state index in [2.05, 4.69) is 6.92 Å². The first-order valence-electron chi connectivity index (χ1n) is 5.38. The molecule has 0 aromatic heterocycles. The van der Waals surface area contributed by atoms with E-state index in [4.69, 9.17) is 11.6 Å².